The van der Waals surface area contributed by atoms with Gasteiger partial charge in [-0.15, -0.1) is 0 Å². The number of rotatable bonds is 4. The molecule has 2 aromatic heterocycles. The number of piperidine rings is 1. The van der Waals surface area contributed by atoms with Crippen LogP contribution in [0.2, 0.25) is 0 Å². The summed E-state index contributed by atoms with van der Waals surface area (Å²) in [6, 6.07) is 3.88. The van der Waals surface area contributed by atoms with Crippen molar-refractivity contribution in [3.05, 3.63) is 48.0 Å². The molecule has 4 rings (SSSR count). The maximum absolute atomic E-state index is 12.8. The molecule has 1 atom stereocenters. The van der Waals surface area contributed by atoms with Gasteiger partial charge in [0, 0.05) is 62.8 Å². The highest BCUT2D eigenvalue weighted by molar-refractivity contribution is 5.78. The SMILES string of the molecule is Cn1cc(CN2CCC3(CCCN(C(=O)Cc4cccnc4)C3)C2)cn1. The third kappa shape index (κ3) is 3.80. The molecule has 2 aromatic rings. The summed E-state index contributed by atoms with van der Waals surface area (Å²) in [4.78, 5) is 21.5. The number of nitrogens with zero attached hydrogens (tertiary/aromatic N) is 5. The number of amides is 1. The van der Waals surface area contributed by atoms with E-state index < -0.39 is 0 Å². The third-order valence-corrected chi connectivity index (χ3v) is 5.77. The van der Waals surface area contributed by atoms with Crippen molar-refractivity contribution < 1.29 is 4.79 Å². The molecule has 138 valence electrons. The number of hydrogen-bond acceptors (Lipinski definition) is 4. The Balaban J connectivity index is 1.36. The quantitative estimate of drug-likeness (QED) is 0.842. The number of aromatic nitrogens is 3. The van der Waals surface area contributed by atoms with Gasteiger partial charge in [0.15, 0.2) is 0 Å². The van der Waals surface area contributed by atoms with Crippen molar-refractivity contribution in [2.24, 2.45) is 12.5 Å². The second-order valence-corrected chi connectivity index (χ2v) is 7.94. The largest absolute Gasteiger partial charge is 0.342 e. The standard InChI is InChI=1S/C20H27N5O/c1-23-13-18(12-22-23)14-24-9-6-20(15-24)5-3-8-25(16-20)19(26)10-17-4-2-7-21-11-17/h2,4,7,11-13H,3,5-6,8-10,14-16H2,1H3. The Kier molecular flexibility index (Phi) is 4.76. The van der Waals surface area contributed by atoms with Crippen LogP contribution in [0.5, 0.6) is 0 Å². The fourth-order valence-electron chi connectivity index (χ4n) is 4.52. The van der Waals surface area contributed by atoms with Crippen LogP contribution in [0.25, 0.3) is 0 Å². The van der Waals surface area contributed by atoms with Crippen molar-refractivity contribution in [2.45, 2.75) is 32.2 Å². The van der Waals surface area contributed by atoms with E-state index in [4.69, 9.17) is 0 Å². The first kappa shape index (κ1) is 17.2. The Morgan fingerprint density at radius 2 is 2.12 bits per heavy atom. The molecule has 6 nitrogen and oxygen atoms in total. The molecule has 2 aliphatic heterocycles. The van der Waals surface area contributed by atoms with Crippen LogP contribution < -0.4 is 0 Å². The summed E-state index contributed by atoms with van der Waals surface area (Å²) in [5.41, 5.74) is 2.54. The number of carbonyl (C=O) groups is 1. The molecule has 0 aromatic carbocycles. The van der Waals surface area contributed by atoms with Gasteiger partial charge in [-0.25, -0.2) is 0 Å². The van der Waals surface area contributed by atoms with Gasteiger partial charge in [-0.1, -0.05) is 6.07 Å². The molecule has 0 bridgehead atoms. The fraction of sp³-hybridized carbons (Fsp3) is 0.550. The zero-order chi connectivity index (χ0) is 18.0. The minimum atomic E-state index is 0.239. The van der Waals surface area contributed by atoms with E-state index in [0.717, 1.165) is 44.7 Å². The van der Waals surface area contributed by atoms with E-state index in [1.165, 1.54) is 18.4 Å². The number of carbonyl (C=O) groups excluding carboxylic acids is 1. The van der Waals surface area contributed by atoms with Crippen LogP contribution in [0.15, 0.2) is 36.9 Å². The molecular formula is C20H27N5O. The Labute approximate surface area is 154 Å². The predicted molar refractivity (Wildman–Crippen MR) is 99.3 cm³/mol. The average Bonchev–Trinajstić information content (AvgIpc) is 3.22. The lowest BCUT2D eigenvalue weighted by atomic mass is 9.79. The van der Waals surface area contributed by atoms with Gasteiger partial charge in [-0.2, -0.15) is 5.10 Å². The third-order valence-electron chi connectivity index (χ3n) is 5.77. The molecule has 0 saturated carbocycles. The minimum absolute atomic E-state index is 0.239. The highest BCUT2D eigenvalue weighted by Gasteiger charge is 2.42. The molecule has 4 heterocycles. The number of pyridine rings is 1. The average molecular weight is 353 g/mol. The van der Waals surface area contributed by atoms with Crippen molar-refractivity contribution in [2.75, 3.05) is 26.2 Å². The maximum atomic E-state index is 12.8. The summed E-state index contributed by atoms with van der Waals surface area (Å²) in [6.45, 7) is 4.94. The molecule has 0 N–H and O–H groups in total. The zero-order valence-electron chi connectivity index (χ0n) is 15.5. The first-order valence-electron chi connectivity index (χ1n) is 9.49. The highest BCUT2D eigenvalue weighted by atomic mass is 16.2. The van der Waals surface area contributed by atoms with Crippen LogP contribution in [0.4, 0.5) is 0 Å². The molecule has 1 spiro atoms. The normalized spacial score (nSPS) is 23.7. The molecule has 0 aliphatic carbocycles. The van der Waals surface area contributed by atoms with E-state index in [1.807, 2.05) is 30.1 Å². The van der Waals surface area contributed by atoms with Gasteiger partial charge in [0.05, 0.1) is 12.6 Å². The van der Waals surface area contributed by atoms with Crippen LogP contribution in [0.3, 0.4) is 0 Å². The van der Waals surface area contributed by atoms with Gasteiger partial charge >= 0.3 is 0 Å². The number of likely N-dealkylation sites (tertiary alicyclic amines) is 2. The van der Waals surface area contributed by atoms with E-state index in [9.17, 15) is 4.79 Å². The van der Waals surface area contributed by atoms with Gasteiger partial charge in [0.2, 0.25) is 5.91 Å². The second-order valence-electron chi connectivity index (χ2n) is 7.94. The molecule has 1 amide bonds. The molecule has 2 saturated heterocycles. The van der Waals surface area contributed by atoms with Crippen LogP contribution >= 0.6 is 0 Å². The van der Waals surface area contributed by atoms with Crippen molar-refractivity contribution in [3.8, 4) is 0 Å². The summed E-state index contributed by atoms with van der Waals surface area (Å²) < 4.78 is 1.86. The molecule has 26 heavy (non-hydrogen) atoms. The smallest absolute Gasteiger partial charge is 0.227 e. The lowest BCUT2D eigenvalue weighted by Crippen LogP contribution is -2.47. The Hall–Kier alpha value is -2.21. The number of hydrogen-bond donors (Lipinski definition) is 0. The Morgan fingerprint density at radius 1 is 1.19 bits per heavy atom. The molecule has 6 heteroatoms. The van der Waals surface area contributed by atoms with E-state index in [0.29, 0.717) is 6.42 Å². The molecule has 0 radical (unpaired) electrons. The van der Waals surface area contributed by atoms with E-state index in [1.54, 1.807) is 12.4 Å². The summed E-state index contributed by atoms with van der Waals surface area (Å²) in [7, 11) is 1.96. The van der Waals surface area contributed by atoms with E-state index in [2.05, 4.69) is 26.1 Å². The van der Waals surface area contributed by atoms with Gasteiger partial charge in [0.25, 0.3) is 0 Å². The molecular weight excluding hydrogens is 326 g/mol. The zero-order valence-corrected chi connectivity index (χ0v) is 15.5. The van der Waals surface area contributed by atoms with Gasteiger partial charge in [-0.3, -0.25) is 19.4 Å². The molecule has 1 unspecified atom stereocenters. The first-order valence-corrected chi connectivity index (χ1v) is 9.49. The van der Waals surface area contributed by atoms with Crippen LogP contribution in [0, 0.1) is 5.41 Å². The highest BCUT2D eigenvalue weighted by Crippen LogP contribution is 2.39. The van der Waals surface area contributed by atoms with Crippen LogP contribution in [-0.4, -0.2) is 56.7 Å². The van der Waals surface area contributed by atoms with Crippen LogP contribution in [-0.2, 0) is 24.8 Å². The van der Waals surface area contributed by atoms with Gasteiger partial charge < -0.3 is 4.90 Å². The summed E-state index contributed by atoms with van der Waals surface area (Å²) in [6.07, 6.45) is 11.6. The summed E-state index contributed by atoms with van der Waals surface area (Å²) in [5.74, 6) is 0.239. The Bertz CT molecular complexity index is 759. The minimum Gasteiger partial charge on any atom is -0.342 e. The second kappa shape index (κ2) is 7.19. The van der Waals surface area contributed by atoms with Crippen molar-refractivity contribution in [1.82, 2.24) is 24.6 Å². The monoisotopic (exact) mass is 353 g/mol. The van der Waals surface area contributed by atoms with Crippen molar-refractivity contribution in [1.29, 1.82) is 0 Å². The number of aryl methyl sites for hydroxylation is 1. The first-order chi connectivity index (χ1) is 12.6. The van der Waals surface area contributed by atoms with E-state index in [-0.39, 0.29) is 11.3 Å². The summed E-state index contributed by atoms with van der Waals surface area (Å²) >= 11 is 0. The van der Waals surface area contributed by atoms with Gasteiger partial charge in [-0.05, 0) is 37.4 Å². The predicted octanol–water partition coefficient (Wildman–Crippen LogP) is 1.87. The fourth-order valence-corrected chi connectivity index (χ4v) is 4.52. The topological polar surface area (TPSA) is 54.3 Å². The summed E-state index contributed by atoms with van der Waals surface area (Å²) in [5, 5.41) is 4.27. The lowest BCUT2D eigenvalue weighted by molar-refractivity contribution is -0.133. The van der Waals surface area contributed by atoms with E-state index >= 15 is 0 Å². The van der Waals surface area contributed by atoms with Gasteiger partial charge in [0.1, 0.15) is 0 Å². The lowest BCUT2D eigenvalue weighted by Gasteiger charge is -2.40. The van der Waals surface area contributed by atoms with Crippen molar-refractivity contribution >= 4 is 5.91 Å². The molecule has 2 fully saturated rings. The van der Waals surface area contributed by atoms with Crippen molar-refractivity contribution in [3.63, 3.8) is 0 Å². The van der Waals surface area contributed by atoms with Crippen LogP contribution in [0.1, 0.15) is 30.4 Å². The maximum Gasteiger partial charge on any atom is 0.227 e. The Morgan fingerprint density at radius 3 is 2.88 bits per heavy atom. The molecule has 2 aliphatic rings.